The van der Waals surface area contributed by atoms with Gasteiger partial charge in [-0.05, 0) is 45.0 Å². The molecule has 3 N–H and O–H groups in total. The van der Waals surface area contributed by atoms with Gasteiger partial charge in [0.2, 0.25) is 11.9 Å². The Hall–Kier alpha value is -3.69. The highest BCUT2D eigenvalue weighted by Crippen LogP contribution is 2.13. The van der Waals surface area contributed by atoms with Gasteiger partial charge in [-0.15, -0.1) is 0 Å². The molecule has 2 aromatic rings. The molecule has 4 amide bonds. The number of nitrogens with one attached hydrogen (secondary N) is 3. The van der Waals surface area contributed by atoms with E-state index in [-0.39, 0.29) is 30.3 Å². The van der Waals surface area contributed by atoms with E-state index in [2.05, 4.69) is 25.9 Å². The van der Waals surface area contributed by atoms with Crippen molar-refractivity contribution in [1.29, 1.82) is 0 Å². The van der Waals surface area contributed by atoms with Crippen molar-refractivity contribution in [3.63, 3.8) is 0 Å². The van der Waals surface area contributed by atoms with Gasteiger partial charge in [-0.2, -0.15) is 0 Å². The quantitative estimate of drug-likeness (QED) is 0.614. The monoisotopic (exact) mass is 453 g/mol. The first-order chi connectivity index (χ1) is 15.7. The summed E-state index contributed by atoms with van der Waals surface area (Å²) >= 11 is 0. The van der Waals surface area contributed by atoms with Crippen LogP contribution in [0.4, 0.5) is 16.4 Å². The Kier molecular flexibility index (Phi) is 7.81. The van der Waals surface area contributed by atoms with Gasteiger partial charge < -0.3 is 25.8 Å². The SMILES string of the molecule is CC(C)(C)NC(=O)c1cccc(NC(=O)NCCC(=O)N2CCN(c3ncccn3)CC2)c1. The molecule has 10 nitrogen and oxygen atoms in total. The number of carbonyl (C=O) groups excluding carboxylic acids is 3. The van der Waals surface area contributed by atoms with Gasteiger partial charge in [0, 0.05) is 68.3 Å². The average Bonchev–Trinajstić information content (AvgIpc) is 2.79. The van der Waals surface area contributed by atoms with Crippen LogP contribution in [0, 0.1) is 0 Å². The molecule has 0 bridgehead atoms. The van der Waals surface area contributed by atoms with E-state index < -0.39 is 6.03 Å². The van der Waals surface area contributed by atoms with E-state index in [1.807, 2.05) is 25.7 Å². The Balaban J connectivity index is 1.40. The minimum atomic E-state index is -0.428. The number of amides is 4. The third-order valence-corrected chi connectivity index (χ3v) is 4.96. The van der Waals surface area contributed by atoms with Gasteiger partial charge in [0.15, 0.2) is 0 Å². The Morgan fingerprint density at radius 2 is 1.70 bits per heavy atom. The summed E-state index contributed by atoms with van der Waals surface area (Å²) in [6.45, 7) is 8.44. The summed E-state index contributed by atoms with van der Waals surface area (Å²) in [6.07, 6.45) is 3.62. The third-order valence-electron chi connectivity index (χ3n) is 4.96. The van der Waals surface area contributed by atoms with Crippen LogP contribution in [0.15, 0.2) is 42.7 Å². The minimum absolute atomic E-state index is 0.00946. The molecule has 0 aliphatic carbocycles. The number of rotatable bonds is 6. The van der Waals surface area contributed by atoms with Crippen LogP contribution in [0.2, 0.25) is 0 Å². The summed E-state index contributed by atoms with van der Waals surface area (Å²) in [5, 5.41) is 8.28. The second-order valence-corrected chi connectivity index (χ2v) is 8.83. The maximum absolute atomic E-state index is 12.5. The number of carbonyl (C=O) groups is 3. The first-order valence-electron chi connectivity index (χ1n) is 11.0. The fourth-order valence-corrected chi connectivity index (χ4v) is 3.38. The average molecular weight is 454 g/mol. The summed E-state index contributed by atoms with van der Waals surface area (Å²) in [5.74, 6) is 0.448. The lowest BCUT2D eigenvalue weighted by Gasteiger charge is -2.34. The fourth-order valence-electron chi connectivity index (χ4n) is 3.38. The van der Waals surface area contributed by atoms with Gasteiger partial charge in [-0.25, -0.2) is 14.8 Å². The molecular weight excluding hydrogens is 422 g/mol. The molecule has 33 heavy (non-hydrogen) atoms. The molecule has 1 saturated heterocycles. The third kappa shape index (κ3) is 7.44. The molecule has 2 heterocycles. The first-order valence-corrected chi connectivity index (χ1v) is 11.0. The molecule has 0 spiro atoms. The first kappa shape index (κ1) is 24.0. The summed E-state index contributed by atoms with van der Waals surface area (Å²) in [4.78, 5) is 49.3. The lowest BCUT2D eigenvalue weighted by molar-refractivity contribution is -0.131. The molecule has 1 aromatic carbocycles. The summed E-state index contributed by atoms with van der Waals surface area (Å²) < 4.78 is 0. The lowest BCUT2D eigenvalue weighted by Crippen LogP contribution is -2.49. The second-order valence-electron chi connectivity index (χ2n) is 8.83. The molecule has 0 saturated carbocycles. The lowest BCUT2D eigenvalue weighted by atomic mass is 10.1. The van der Waals surface area contributed by atoms with Crippen LogP contribution in [0.25, 0.3) is 0 Å². The molecule has 0 atom stereocenters. The standard InChI is InChI=1S/C23H31N7O3/c1-23(2,3)28-20(32)17-6-4-7-18(16-17)27-22(33)26-11-8-19(31)29-12-14-30(15-13-29)21-24-9-5-10-25-21/h4-7,9-10,16H,8,11-15H2,1-3H3,(H,28,32)(H2,26,27,33). The van der Waals surface area contributed by atoms with Crippen molar-refractivity contribution in [3.05, 3.63) is 48.3 Å². The topological polar surface area (TPSA) is 120 Å². The van der Waals surface area contributed by atoms with Crippen LogP contribution in [0.1, 0.15) is 37.6 Å². The molecule has 1 aliphatic rings. The van der Waals surface area contributed by atoms with Crippen LogP contribution >= 0.6 is 0 Å². The zero-order valence-corrected chi connectivity index (χ0v) is 19.3. The molecule has 10 heteroatoms. The summed E-state index contributed by atoms with van der Waals surface area (Å²) in [6, 6.07) is 8.05. The number of anilines is 2. The molecular formula is C23H31N7O3. The Morgan fingerprint density at radius 1 is 1.00 bits per heavy atom. The fraction of sp³-hybridized carbons (Fsp3) is 0.435. The van der Waals surface area contributed by atoms with Crippen molar-refractivity contribution in [2.24, 2.45) is 0 Å². The van der Waals surface area contributed by atoms with E-state index in [9.17, 15) is 14.4 Å². The van der Waals surface area contributed by atoms with E-state index in [1.165, 1.54) is 0 Å². The van der Waals surface area contributed by atoms with E-state index in [4.69, 9.17) is 0 Å². The van der Waals surface area contributed by atoms with E-state index in [0.717, 1.165) is 0 Å². The van der Waals surface area contributed by atoms with Gasteiger partial charge >= 0.3 is 6.03 Å². The smallest absolute Gasteiger partial charge is 0.319 e. The van der Waals surface area contributed by atoms with Crippen LogP contribution in [-0.2, 0) is 4.79 Å². The highest BCUT2D eigenvalue weighted by atomic mass is 16.2. The zero-order valence-electron chi connectivity index (χ0n) is 19.3. The van der Waals surface area contributed by atoms with Crippen molar-refractivity contribution < 1.29 is 14.4 Å². The van der Waals surface area contributed by atoms with Gasteiger partial charge in [0.1, 0.15) is 0 Å². The van der Waals surface area contributed by atoms with Gasteiger partial charge in [-0.3, -0.25) is 9.59 Å². The van der Waals surface area contributed by atoms with Crippen LogP contribution < -0.4 is 20.9 Å². The minimum Gasteiger partial charge on any atom is -0.347 e. The number of aromatic nitrogens is 2. The van der Waals surface area contributed by atoms with E-state index >= 15 is 0 Å². The van der Waals surface area contributed by atoms with Gasteiger partial charge in [-0.1, -0.05) is 6.07 Å². The predicted octanol–water partition coefficient (Wildman–Crippen LogP) is 1.87. The number of hydrogen-bond donors (Lipinski definition) is 3. The Bertz CT molecular complexity index is 968. The molecule has 1 fully saturated rings. The highest BCUT2D eigenvalue weighted by molar-refractivity contribution is 5.97. The Morgan fingerprint density at radius 3 is 2.36 bits per heavy atom. The van der Waals surface area contributed by atoms with Crippen molar-refractivity contribution in [3.8, 4) is 0 Å². The summed E-state index contributed by atoms with van der Waals surface area (Å²) in [7, 11) is 0. The van der Waals surface area contributed by atoms with Crippen molar-refractivity contribution in [2.75, 3.05) is 42.9 Å². The number of hydrogen-bond acceptors (Lipinski definition) is 6. The summed E-state index contributed by atoms with van der Waals surface area (Å²) in [5.41, 5.74) is 0.601. The van der Waals surface area contributed by atoms with E-state index in [1.54, 1.807) is 47.6 Å². The zero-order chi connectivity index (χ0) is 23.8. The van der Waals surface area contributed by atoms with Crippen molar-refractivity contribution in [1.82, 2.24) is 25.5 Å². The molecule has 0 unspecified atom stereocenters. The maximum atomic E-state index is 12.5. The van der Waals surface area contributed by atoms with Crippen molar-refractivity contribution >= 4 is 29.5 Å². The van der Waals surface area contributed by atoms with Crippen LogP contribution in [0.3, 0.4) is 0 Å². The van der Waals surface area contributed by atoms with Crippen LogP contribution in [0.5, 0.6) is 0 Å². The largest absolute Gasteiger partial charge is 0.347 e. The van der Waals surface area contributed by atoms with Crippen molar-refractivity contribution in [2.45, 2.75) is 32.7 Å². The normalized spacial score (nSPS) is 13.9. The number of piperazine rings is 1. The number of benzene rings is 1. The molecule has 0 radical (unpaired) electrons. The highest BCUT2D eigenvalue weighted by Gasteiger charge is 2.22. The molecule has 1 aromatic heterocycles. The van der Waals surface area contributed by atoms with Gasteiger partial charge in [0.05, 0.1) is 0 Å². The second kappa shape index (κ2) is 10.8. The predicted molar refractivity (Wildman–Crippen MR) is 126 cm³/mol. The molecule has 1 aliphatic heterocycles. The number of nitrogens with zero attached hydrogens (tertiary/aromatic N) is 4. The maximum Gasteiger partial charge on any atom is 0.319 e. The molecule has 176 valence electrons. The number of urea groups is 1. The van der Waals surface area contributed by atoms with E-state index in [0.29, 0.717) is 43.4 Å². The van der Waals surface area contributed by atoms with Gasteiger partial charge in [0.25, 0.3) is 5.91 Å². The Labute approximate surface area is 193 Å². The molecule has 3 rings (SSSR count). The van der Waals surface area contributed by atoms with Crippen LogP contribution in [-0.4, -0.2) is 71.0 Å².